The summed E-state index contributed by atoms with van der Waals surface area (Å²) in [7, 11) is -5.06. The second-order valence-electron chi connectivity index (χ2n) is 16.3. The molecule has 6 atom stereocenters. The highest BCUT2D eigenvalue weighted by atomic mass is 32.3. The Balaban J connectivity index is 2.42. The van der Waals surface area contributed by atoms with E-state index in [-0.39, 0.29) is 19.6 Å². The van der Waals surface area contributed by atoms with Crippen LogP contribution >= 0.6 is 0 Å². The molecule has 1 aliphatic heterocycles. The molecular weight excluding hydrogens is 789 g/mol. The van der Waals surface area contributed by atoms with Crippen LogP contribution in [-0.4, -0.2) is 97.5 Å². The first-order valence-electron chi connectivity index (χ1n) is 23.7. The van der Waals surface area contributed by atoms with Gasteiger partial charge in [0.2, 0.25) is 0 Å². The minimum atomic E-state index is -5.06. The van der Waals surface area contributed by atoms with E-state index >= 15 is 0 Å². The van der Waals surface area contributed by atoms with E-state index in [1.165, 1.54) is 109 Å². The van der Waals surface area contributed by atoms with E-state index in [0.29, 0.717) is 13.0 Å². The maximum atomic E-state index is 12.9. The summed E-state index contributed by atoms with van der Waals surface area (Å²) in [4.78, 5) is 12.9. The number of rotatable bonds is 41. The summed E-state index contributed by atoms with van der Waals surface area (Å²) in [5.74, 6) is -0.409. The third kappa shape index (κ3) is 32.1. The molecule has 0 aromatic heterocycles. The number of esters is 1. The van der Waals surface area contributed by atoms with Gasteiger partial charge in [-0.05, 0) is 70.6 Å². The normalized spacial score (nSPS) is 20.5. The summed E-state index contributed by atoms with van der Waals surface area (Å²) >= 11 is 0. The van der Waals surface area contributed by atoms with E-state index in [1.807, 2.05) is 0 Å². The minimum absolute atomic E-state index is 0.0293. The average molecular weight is 875 g/mol. The fourth-order valence-electron chi connectivity index (χ4n) is 7.11. The molecule has 0 spiro atoms. The molecular formula is C47H86O12S. The summed E-state index contributed by atoms with van der Waals surface area (Å²) in [6.45, 7) is 3.94. The van der Waals surface area contributed by atoms with Gasteiger partial charge in [-0.3, -0.25) is 9.35 Å². The van der Waals surface area contributed by atoms with E-state index in [2.05, 4.69) is 54.5 Å². The number of hydrogen-bond acceptors (Lipinski definition) is 11. The van der Waals surface area contributed by atoms with Crippen LogP contribution in [0.1, 0.15) is 194 Å². The van der Waals surface area contributed by atoms with Crippen LogP contribution < -0.4 is 0 Å². The summed E-state index contributed by atoms with van der Waals surface area (Å²) in [5.41, 5.74) is 0. The van der Waals surface area contributed by atoms with Crippen LogP contribution in [0, 0.1) is 0 Å². The summed E-state index contributed by atoms with van der Waals surface area (Å²) in [6.07, 6.45) is 36.0. The summed E-state index contributed by atoms with van der Waals surface area (Å²) in [6, 6.07) is 0. The smallest absolute Gasteiger partial charge is 0.397 e. The molecule has 0 aromatic carbocycles. The number of unbranched alkanes of at least 4 members (excludes halogenated alkanes) is 22. The molecule has 4 N–H and O–H groups in total. The van der Waals surface area contributed by atoms with Crippen molar-refractivity contribution in [3.8, 4) is 0 Å². The lowest BCUT2D eigenvalue weighted by Crippen LogP contribution is -2.60. The van der Waals surface area contributed by atoms with Crippen molar-refractivity contribution in [1.29, 1.82) is 0 Å². The van der Waals surface area contributed by atoms with Gasteiger partial charge in [0, 0.05) is 13.0 Å². The molecule has 0 radical (unpaired) electrons. The van der Waals surface area contributed by atoms with Gasteiger partial charge in [0.15, 0.2) is 6.29 Å². The number of hydrogen-bond donors (Lipinski definition) is 4. The first-order chi connectivity index (χ1) is 29.1. The Labute approximate surface area is 364 Å². The Morgan fingerprint density at radius 2 is 1.10 bits per heavy atom. The van der Waals surface area contributed by atoms with Crippen LogP contribution in [0.3, 0.4) is 0 Å². The van der Waals surface area contributed by atoms with E-state index in [1.54, 1.807) is 0 Å². The maximum Gasteiger partial charge on any atom is 0.397 e. The number of ether oxygens (including phenoxy) is 4. The SMILES string of the molecule is CCCCC/C=C\C/C=C\CCCCCCCCCC(=O)OC(COCCCCCCCC/C=C\CCCCCCCC)COC1OC(CO)C(O)C(OS(=O)(=O)O)C1O. The second kappa shape index (κ2) is 39.0. The maximum absolute atomic E-state index is 12.9. The van der Waals surface area contributed by atoms with Crippen LogP contribution in [0.5, 0.6) is 0 Å². The van der Waals surface area contributed by atoms with Gasteiger partial charge in [0.25, 0.3) is 0 Å². The lowest BCUT2D eigenvalue weighted by atomic mass is 9.99. The Hall–Kier alpha value is -1.68. The molecule has 1 rings (SSSR count). The van der Waals surface area contributed by atoms with E-state index in [0.717, 1.165) is 57.8 Å². The zero-order chi connectivity index (χ0) is 43.9. The summed E-state index contributed by atoms with van der Waals surface area (Å²) < 4.78 is 59.1. The van der Waals surface area contributed by atoms with Gasteiger partial charge in [-0.15, -0.1) is 0 Å². The van der Waals surface area contributed by atoms with Crippen molar-refractivity contribution in [2.45, 2.75) is 230 Å². The van der Waals surface area contributed by atoms with Gasteiger partial charge < -0.3 is 34.3 Å². The highest BCUT2D eigenvalue weighted by Crippen LogP contribution is 2.26. The highest BCUT2D eigenvalue weighted by molar-refractivity contribution is 7.80. The fourth-order valence-corrected chi connectivity index (χ4v) is 7.62. The number of allylic oxidation sites excluding steroid dienone is 6. The Morgan fingerprint density at radius 3 is 1.63 bits per heavy atom. The predicted molar refractivity (Wildman–Crippen MR) is 239 cm³/mol. The van der Waals surface area contributed by atoms with E-state index in [4.69, 9.17) is 23.5 Å². The molecule has 0 aliphatic carbocycles. The summed E-state index contributed by atoms with van der Waals surface area (Å²) in [5, 5.41) is 30.7. The van der Waals surface area contributed by atoms with Crippen molar-refractivity contribution in [3.63, 3.8) is 0 Å². The Morgan fingerprint density at radius 1 is 0.633 bits per heavy atom. The van der Waals surface area contributed by atoms with Gasteiger partial charge in [-0.2, -0.15) is 8.42 Å². The first-order valence-corrected chi connectivity index (χ1v) is 25.1. The number of carbonyl (C=O) groups excluding carboxylic acids is 1. The van der Waals surface area contributed by atoms with E-state index in [9.17, 15) is 28.5 Å². The van der Waals surface area contributed by atoms with Crippen LogP contribution in [0.25, 0.3) is 0 Å². The molecule has 1 aliphatic rings. The number of aliphatic hydroxyl groups is 3. The van der Waals surface area contributed by atoms with E-state index < -0.39 is 59.8 Å². The number of carbonyl (C=O) groups is 1. The van der Waals surface area contributed by atoms with Crippen molar-refractivity contribution < 1.29 is 56.2 Å². The minimum Gasteiger partial charge on any atom is -0.457 e. The topological polar surface area (TPSA) is 178 Å². The van der Waals surface area contributed by atoms with Crippen LogP contribution in [-0.2, 0) is 38.3 Å². The van der Waals surface area contributed by atoms with Crippen molar-refractivity contribution in [2.24, 2.45) is 0 Å². The lowest BCUT2D eigenvalue weighted by Gasteiger charge is -2.41. The largest absolute Gasteiger partial charge is 0.457 e. The van der Waals surface area contributed by atoms with Gasteiger partial charge >= 0.3 is 16.4 Å². The standard InChI is InChI=1S/C47H86O12S/c1-3-5-7-9-11-13-15-17-19-21-22-24-26-28-30-32-34-36-43(49)57-41(40-56-47-45(51)46(59-60(52,53)54)44(50)42(38-48)58-47)39-55-37-35-33-31-29-27-25-23-20-18-16-14-12-10-8-6-4-2/h11,13,17-20,41-42,44-48,50-51H,3-10,12,14-16,21-40H2,1-2H3,(H,52,53,54)/b13-11-,19-17-,20-18-. The average Bonchev–Trinajstić information content (AvgIpc) is 3.22. The Bertz CT molecular complexity index is 1190. The van der Waals surface area contributed by atoms with Crippen molar-refractivity contribution in [2.75, 3.05) is 26.4 Å². The predicted octanol–water partition coefficient (Wildman–Crippen LogP) is 10.2. The van der Waals surface area contributed by atoms with Gasteiger partial charge in [-0.1, -0.05) is 153 Å². The molecule has 352 valence electrons. The van der Waals surface area contributed by atoms with Crippen LogP contribution in [0.15, 0.2) is 36.5 Å². The number of aliphatic hydroxyl groups excluding tert-OH is 3. The van der Waals surface area contributed by atoms with Gasteiger partial charge in [0.05, 0.1) is 19.8 Å². The zero-order valence-corrected chi connectivity index (χ0v) is 38.3. The fraction of sp³-hybridized carbons (Fsp3) is 0.851. The quantitative estimate of drug-likeness (QED) is 0.0198. The molecule has 0 amide bonds. The molecule has 12 nitrogen and oxygen atoms in total. The van der Waals surface area contributed by atoms with Crippen LogP contribution in [0.4, 0.5) is 0 Å². The molecule has 60 heavy (non-hydrogen) atoms. The molecule has 13 heteroatoms. The molecule has 1 saturated heterocycles. The lowest BCUT2D eigenvalue weighted by molar-refractivity contribution is -0.301. The Kier molecular flexibility index (Phi) is 36.6. The van der Waals surface area contributed by atoms with Gasteiger partial charge in [-0.25, -0.2) is 4.18 Å². The molecule has 1 fully saturated rings. The molecule has 0 bridgehead atoms. The monoisotopic (exact) mass is 875 g/mol. The van der Waals surface area contributed by atoms with Crippen molar-refractivity contribution in [3.05, 3.63) is 36.5 Å². The molecule has 1 heterocycles. The molecule has 6 unspecified atom stereocenters. The van der Waals surface area contributed by atoms with Crippen molar-refractivity contribution >= 4 is 16.4 Å². The molecule has 0 saturated carbocycles. The van der Waals surface area contributed by atoms with Crippen molar-refractivity contribution in [1.82, 2.24) is 0 Å². The third-order valence-electron chi connectivity index (χ3n) is 10.7. The zero-order valence-electron chi connectivity index (χ0n) is 37.5. The third-order valence-corrected chi connectivity index (χ3v) is 11.2. The first kappa shape index (κ1) is 56.3. The van der Waals surface area contributed by atoms with Gasteiger partial charge in [0.1, 0.15) is 30.5 Å². The second-order valence-corrected chi connectivity index (χ2v) is 17.4. The molecule has 0 aromatic rings. The van der Waals surface area contributed by atoms with Crippen LogP contribution in [0.2, 0.25) is 0 Å². The highest BCUT2D eigenvalue weighted by Gasteiger charge is 2.48.